The van der Waals surface area contributed by atoms with Crippen molar-refractivity contribution in [1.29, 1.82) is 0 Å². The maximum absolute atomic E-state index is 12.0. The van der Waals surface area contributed by atoms with Gasteiger partial charge in [0.1, 0.15) is 5.03 Å². The van der Waals surface area contributed by atoms with E-state index in [4.69, 9.17) is 16.0 Å². The Hall–Kier alpha value is -2.84. The standard InChI is InChI=1S/C17H13ClN4O3S/c18-11-3-1-4-12(9-11)19-15(23)10-26-16-7-6-14(21-22-16)20-17(24)13-5-2-8-25-13/h1-9H,10H2,(H,19,23)(H,20,21,24). The molecule has 7 nitrogen and oxygen atoms in total. The first-order valence-electron chi connectivity index (χ1n) is 7.47. The van der Waals surface area contributed by atoms with Crippen LogP contribution < -0.4 is 10.6 Å². The number of anilines is 2. The molecule has 0 atom stereocenters. The minimum atomic E-state index is -0.411. The highest BCUT2D eigenvalue weighted by atomic mass is 35.5. The molecular formula is C17H13ClN4O3S. The summed E-state index contributed by atoms with van der Waals surface area (Å²) in [6.45, 7) is 0. The van der Waals surface area contributed by atoms with Gasteiger partial charge in [0.25, 0.3) is 5.91 Å². The zero-order valence-electron chi connectivity index (χ0n) is 13.3. The number of aromatic nitrogens is 2. The molecule has 0 unspecified atom stereocenters. The van der Waals surface area contributed by atoms with Gasteiger partial charge in [-0.2, -0.15) is 0 Å². The van der Waals surface area contributed by atoms with E-state index in [2.05, 4.69) is 20.8 Å². The minimum absolute atomic E-state index is 0.166. The third-order valence-electron chi connectivity index (χ3n) is 3.09. The van der Waals surface area contributed by atoms with E-state index in [0.717, 1.165) is 0 Å². The predicted octanol–water partition coefficient (Wildman–Crippen LogP) is 3.71. The van der Waals surface area contributed by atoms with E-state index in [1.807, 2.05) is 0 Å². The fourth-order valence-corrected chi connectivity index (χ4v) is 2.76. The van der Waals surface area contributed by atoms with E-state index in [1.165, 1.54) is 18.0 Å². The van der Waals surface area contributed by atoms with Crippen LogP contribution in [0.15, 0.2) is 64.2 Å². The van der Waals surface area contributed by atoms with Gasteiger partial charge in [-0.15, -0.1) is 10.2 Å². The van der Waals surface area contributed by atoms with E-state index in [9.17, 15) is 9.59 Å². The molecule has 0 bridgehead atoms. The number of nitrogens with zero attached hydrogens (tertiary/aromatic N) is 2. The molecule has 2 N–H and O–H groups in total. The average Bonchev–Trinajstić information content (AvgIpc) is 3.16. The number of halogens is 1. The van der Waals surface area contributed by atoms with Crippen LogP contribution in [0.2, 0.25) is 5.02 Å². The first-order chi connectivity index (χ1) is 12.6. The van der Waals surface area contributed by atoms with Gasteiger partial charge in [-0.25, -0.2) is 0 Å². The lowest BCUT2D eigenvalue weighted by Crippen LogP contribution is -2.14. The highest BCUT2D eigenvalue weighted by Crippen LogP contribution is 2.18. The van der Waals surface area contributed by atoms with Crippen molar-refractivity contribution in [2.24, 2.45) is 0 Å². The summed E-state index contributed by atoms with van der Waals surface area (Å²) in [6, 6.07) is 13.3. The Morgan fingerprint density at radius 3 is 2.65 bits per heavy atom. The van der Waals surface area contributed by atoms with E-state index in [0.29, 0.717) is 21.6 Å². The quantitative estimate of drug-likeness (QED) is 0.625. The fraction of sp³-hybridized carbons (Fsp3) is 0.0588. The highest BCUT2D eigenvalue weighted by molar-refractivity contribution is 7.99. The second-order valence-electron chi connectivity index (χ2n) is 5.04. The van der Waals surface area contributed by atoms with Gasteiger partial charge in [-0.05, 0) is 42.5 Å². The number of nitrogens with one attached hydrogen (secondary N) is 2. The van der Waals surface area contributed by atoms with Crippen molar-refractivity contribution in [3.63, 3.8) is 0 Å². The molecule has 0 aliphatic heterocycles. The van der Waals surface area contributed by atoms with Crippen LogP contribution in [0.5, 0.6) is 0 Å². The van der Waals surface area contributed by atoms with Crippen LogP contribution in [-0.4, -0.2) is 27.8 Å². The molecule has 0 saturated carbocycles. The topological polar surface area (TPSA) is 97.1 Å². The number of benzene rings is 1. The average molecular weight is 389 g/mol. The van der Waals surface area contributed by atoms with Gasteiger partial charge >= 0.3 is 0 Å². The van der Waals surface area contributed by atoms with Crippen LogP contribution in [0.25, 0.3) is 0 Å². The first-order valence-corrected chi connectivity index (χ1v) is 8.83. The van der Waals surface area contributed by atoms with Crippen LogP contribution in [0, 0.1) is 0 Å². The number of rotatable bonds is 6. The van der Waals surface area contributed by atoms with Gasteiger partial charge in [0.15, 0.2) is 11.6 Å². The molecule has 0 radical (unpaired) electrons. The summed E-state index contributed by atoms with van der Waals surface area (Å²) in [5, 5.41) is 14.3. The lowest BCUT2D eigenvalue weighted by molar-refractivity contribution is -0.113. The number of hydrogen-bond donors (Lipinski definition) is 2. The Bertz CT molecular complexity index is 901. The Kier molecular flexibility index (Phi) is 5.88. The van der Waals surface area contributed by atoms with Gasteiger partial charge < -0.3 is 15.1 Å². The normalized spacial score (nSPS) is 10.3. The summed E-state index contributed by atoms with van der Waals surface area (Å²) in [5.41, 5.74) is 0.630. The van der Waals surface area contributed by atoms with Crippen LogP contribution >= 0.6 is 23.4 Å². The molecule has 0 spiro atoms. The SMILES string of the molecule is O=C(CSc1ccc(NC(=O)c2ccco2)nn1)Nc1cccc(Cl)c1. The van der Waals surface area contributed by atoms with Crippen molar-refractivity contribution in [3.05, 3.63) is 65.6 Å². The summed E-state index contributed by atoms with van der Waals surface area (Å²) >= 11 is 7.10. The zero-order valence-corrected chi connectivity index (χ0v) is 14.9. The molecular weight excluding hydrogens is 376 g/mol. The zero-order chi connectivity index (χ0) is 18.4. The molecule has 9 heteroatoms. The highest BCUT2D eigenvalue weighted by Gasteiger charge is 2.10. The summed E-state index contributed by atoms with van der Waals surface area (Å²) in [5.74, 6) is 0.0428. The molecule has 2 aromatic heterocycles. The smallest absolute Gasteiger partial charge is 0.292 e. The molecule has 2 heterocycles. The number of furan rings is 1. The molecule has 1 aromatic carbocycles. The second-order valence-corrected chi connectivity index (χ2v) is 6.47. The van der Waals surface area contributed by atoms with Gasteiger partial charge in [-0.3, -0.25) is 9.59 Å². The Balaban J connectivity index is 1.49. The number of carbonyl (C=O) groups is 2. The van der Waals surface area contributed by atoms with Gasteiger partial charge in [0, 0.05) is 10.7 Å². The summed E-state index contributed by atoms with van der Waals surface area (Å²) in [6.07, 6.45) is 1.41. The third-order valence-corrected chi connectivity index (χ3v) is 4.24. The molecule has 3 rings (SSSR count). The number of carbonyl (C=O) groups excluding carboxylic acids is 2. The molecule has 0 saturated heterocycles. The van der Waals surface area contributed by atoms with Crippen molar-refractivity contribution in [2.75, 3.05) is 16.4 Å². The number of amides is 2. The largest absolute Gasteiger partial charge is 0.459 e. The Morgan fingerprint density at radius 2 is 1.96 bits per heavy atom. The molecule has 26 heavy (non-hydrogen) atoms. The second kappa shape index (κ2) is 8.50. The minimum Gasteiger partial charge on any atom is -0.459 e. The van der Waals surface area contributed by atoms with Gasteiger partial charge in [-0.1, -0.05) is 29.4 Å². The maximum Gasteiger partial charge on any atom is 0.292 e. The predicted molar refractivity (Wildman–Crippen MR) is 99.5 cm³/mol. The van der Waals surface area contributed by atoms with E-state index >= 15 is 0 Å². The van der Waals surface area contributed by atoms with Crippen molar-refractivity contribution < 1.29 is 14.0 Å². The van der Waals surface area contributed by atoms with E-state index in [1.54, 1.807) is 48.5 Å². The summed E-state index contributed by atoms with van der Waals surface area (Å²) in [7, 11) is 0. The first kappa shape index (κ1) is 18.0. The lowest BCUT2D eigenvalue weighted by Gasteiger charge is -2.05. The van der Waals surface area contributed by atoms with Crippen LogP contribution in [0.4, 0.5) is 11.5 Å². The third kappa shape index (κ3) is 5.08. The maximum atomic E-state index is 12.0. The monoisotopic (exact) mass is 388 g/mol. The molecule has 0 fully saturated rings. The summed E-state index contributed by atoms with van der Waals surface area (Å²) in [4.78, 5) is 23.8. The molecule has 0 aliphatic rings. The molecule has 132 valence electrons. The molecule has 0 aliphatic carbocycles. The van der Waals surface area contributed by atoms with E-state index in [-0.39, 0.29) is 17.4 Å². The number of thioether (sulfide) groups is 1. The van der Waals surface area contributed by atoms with E-state index < -0.39 is 5.91 Å². The van der Waals surface area contributed by atoms with Crippen LogP contribution in [0.1, 0.15) is 10.6 Å². The van der Waals surface area contributed by atoms with Gasteiger partial charge in [0.2, 0.25) is 5.91 Å². The van der Waals surface area contributed by atoms with Crippen molar-refractivity contribution in [2.45, 2.75) is 5.03 Å². The van der Waals surface area contributed by atoms with Crippen molar-refractivity contribution in [3.8, 4) is 0 Å². The Labute approximate surface area is 158 Å². The summed E-state index contributed by atoms with van der Waals surface area (Å²) < 4.78 is 5.00. The Morgan fingerprint density at radius 1 is 1.08 bits per heavy atom. The van der Waals surface area contributed by atoms with Crippen LogP contribution in [-0.2, 0) is 4.79 Å². The molecule has 2 amide bonds. The molecule has 3 aromatic rings. The van der Waals surface area contributed by atoms with Crippen molar-refractivity contribution in [1.82, 2.24) is 10.2 Å². The van der Waals surface area contributed by atoms with Crippen molar-refractivity contribution >= 4 is 46.7 Å². The van der Waals surface area contributed by atoms with Gasteiger partial charge in [0.05, 0.1) is 12.0 Å². The lowest BCUT2D eigenvalue weighted by atomic mass is 10.3. The fourth-order valence-electron chi connectivity index (χ4n) is 1.95. The number of hydrogen-bond acceptors (Lipinski definition) is 6. The van der Waals surface area contributed by atoms with Crippen LogP contribution in [0.3, 0.4) is 0 Å².